The Labute approximate surface area is 139 Å². The molecule has 0 saturated heterocycles. The van der Waals surface area contributed by atoms with Crippen LogP contribution in [0.2, 0.25) is 0 Å². The molecular formula is C20H27N2O+. The normalized spacial score (nSPS) is 11.1. The molecule has 1 N–H and O–H groups in total. The molecule has 0 unspecified atom stereocenters. The van der Waals surface area contributed by atoms with Crippen LogP contribution < -0.4 is 9.88 Å². The van der Waals surface area contributed by atoms with E-state index in [1.807, 2.05) is 35.9 Å². The van der Waals surface area contributed by atoms with Gasteiger partial charge in [0.25, 0.3) is 5.91 Å². The molecule has 23 heavy (non-hydrogen) atoms. The molecule has 2 aromatic rings. The number of nitrogens with zero attached hydrogens (tertiary/aromatic N) is 1. The molecule has 1 amide bonds. The van der Waals surface area contributed by atoms with Gasteiger partial charge in [0.15, 0.2) is 11.9 Å². The maximum Gasteiger partial charge on any atom is 0.290 e. The maximum atomic E-state index is 12.6. The molecule has 0 atom stereocenters. The summed E-state index contributed by atoms with van der Waals surface area (Å²) in [4.78, 5) is 12.6. The lowest BCUT2D eigenvalue weighted by Crippen LogP contribution is -2.42. The van der Waals surface area contributed by atoms with Gasteiger partial charge in [0, 0.05) is 24.7 Å². The number of amides is 1. The number of benzene rings is 1. The van der Waals surface area contributed by atoms with Crippen LogP contribution in [0.1, 0.15) is 56.4 Å². The smallest absolute Gasteiger partial charge is 0.290 e. The summed E-state index contributed by atoms with van der Waals surface area (Å²) in [5, 5.41) is 3.16. The van der Waals surface area contributed by atoms with Gasteiger partial charge in [0.05, 0.1) is 0 Å². The highest BCUT2D eigenvalue weighted by atomic mass is 16.1. The predicted octanol–water partition coefficient (Wildman–Crippen LogP) is 4.17. The van der Waals surface area contributed by atoms with Crippen molar-refractivity contribution >= 4 is 11.6 Å². The summed E-state index contributed by atoms with van der Waals surface area (Å²) in [7, 11) is 0. The van der Waals surface area contributed by atoms with Gasteiger partial charge in [-0.2, -0.15) is 4.57 Å². The standard InChI is InChI=1S/C20H26N2O/c1-14(2)17-10-8-11-18(15(3)4)20(17)21-19(23)13-22-12-7-6-9-16(22)5/h6-12,14-15H,13H2,1-5H3/p+1. The number of hydrogen-bond donors (Lipinski definition) is 1. The third kappa shape index (κ3) is 4.19. The topological polar surface area (TPSA) is 33.0 Å². The number of carbonyl (C=O) groups excluding carboxylic acids is 1. The van der Waals surface area contributed by atoms with Gasteiger partial charge in [-0.15, -0.1) is 0 Å². The van der Waals surface area contributed by atoms with E-state index in [-0.39, 0.29) is 5.91 Å². The van der Waals surface area contributed by atoms with Crippen LogP contribution in [0, 0.1) is 6.92 Å². The Morgan fingerprint density at radius 1 is 1.00 bits per heavy atom. The zero-order valence-corrected chi connectivity index (χ0v) is 14.8. The fourth-order valence-electron chi connectivity index (χ4n) is 2.77. The van der Waals surface area contributed by atoms with Crippen LogP contribution in [0.5, 0.6) is 0 Å². The zero-order chi connectivity index (χ0) is 17.0. The number of nitrogens with one attached hydrogen (secondary N) is 1. The fourth-order valence-corrected chi connectivity index (χ4v) is 2.77. The van der Waals surface area contributed by atoms with Crippen molar-refractivity contribution in [3.05, 3.63) is 59.4 Å². The maximum absolute atomic E-state index is 12.6. The van der Waals surface area contributed by atoms with Gasteiger partial charge in [-0.25, -0.2) is 0 Å². The third-order valence-corrected chi connectivity index (χ3v) is 4.12. The average molecular weight is 311 g/mol. The van der Waals surface area contributed by atoms with E-state index in [2.05, 4.69) is 51.2 Å². The number of hydrogen-bond acceptors (Lipinski definition) is 1. The van der Waals surface area contributed by atoms with Crippen molar-refractivity contribution in [2.75, 3.05) is 5.32 Å². The van der Waals surface area contributed by atoms with Gasteiger partial charge in [-0.3, -0.25) is 4.79 Å². The fraction of sp³-hybridized carbons (Fsp3) is 0.400. The van der Waals surface area contributed by atoms with Crippen molar-refractivity contribution in [3.63, 3.8) is 0 Å². The lowest BCUT2D eigenvalue weighted by Gasteiger charge is -2.19. The minimum Gasteiger partial charge on any atom is -0.320 e. The zero-order valence-electron chi connectivity index (χ0n) is 14.8. The van der Waals surface area contributed by atoms with Crippen LogP contribution in [0.15, 0.2) is 42.6 Å². The summed E-state index contributed by atoms with van der Waals surface area (Å²) >= 11 is 0. The predicted molar refractivity (Wildman–Crippen MR) is 94.6 cm³/mol. The van der Waals surface area contributed by atoms with Gasteiger partial charge in [-0.05, 0) is 23.0 Å². The van der Waals surface area contributed by atoms with E-state index in [0.29, 0.717) is 18.4 Å². The molecule has 0 bridgehead atoms. The highest BCUT2D eigenvalue weighted by Crippen LogP contribution is 2.32. The Bertz CT molecular complexity index is 664. The first-order chi connectivity index (χ1) is 10.9. The van der Waals surface area contributed by atoms with Gasteiger partial charge >= 0.3 is 0 Å². The summed E-state index contributed by atoms with van der Waals surface area (Å²) in [6.07, 6.45) is 1.94. The molecule has 3 heteroatoms. The SMILES string of the molecule is Cc1cccc[n+]1CC(=O)Nc1c(C(C)C)cccc1C(C)C. The Morgan fingerprint density at radius 3 is 2.13 bits per heavy atom. The molecule has 0 fully saturated rings. The molecule has 0 spiro atoms. The van der Waals surface area contributed by atoms with Gasteiger partial charge in [0.2, 0.25) is 6.54 Å². The number of rotatable bonds is 5. The number of aromatic nitrogens is 1. The van der Waals surface area contributed by atoms with Crippen LogP contribution in [-0.2, 0) is 11.3 Å². The molecule has 3 nitrogen and oxygen atoms in total. The van der Waals surface area contributed by atoms with Crippen molar-refractivity contribution in [3.8, 4) is 0 Å². The van der Waals surface area contributed by atoms with Crippen molar-refractivity contribution in [1.82, 2.24) is 0 Å². The van der Waals surface area contributed by atoms with E-state index in [1.54, 1.807) is 0 Å². The third-order valence-electron chi connectivity index (χ3n) is 4.12. The highest BCUT2D eigenvalue weighted by Gasteiger charge is 2.18. The lowest BCUT2D eigenvalue weighted by atomic mass is 9.92. The van der Waals surface area contributed by atoms with Crippen molar-refractivity contribution in [1.29, 1.82) is 0 Å². The molecule has 1 aromatic carbocycles. The molecule has 0 aliphatic carbocycles. The minimum absolute atomic E-state index is 0.0132. The van der Waals surface area contributed by atoms with Crippen LogP contribution in [0.4, 0.5) is 5.69 Å². The monoisotopic (exact) mass is 311 g/mol. The van der Waals surface area contributed by atoms with Crippen molar-refractivity contribution < 1.29 is 9.36 Å². The minimum atomic E-state index is 0.0132. The van der Waals surface area contributed by atoms with Crippen molar-refractivity contribution in [2.45, 2.75) is 53.0 Å². The molecular weight excluding hydrogens is 284 g/mol. The first kappa shape index (κ1) is 17.2. The first-order valence-electron chi connectivity index (χ1n) is 8.28. The van der Waals surface area contributed by atoms with E-state index in [4.69, 9.17) is 0 Å². The van der Waals surface area contributed by atoms with Crippen LogP contribution in [-0.4, -0.2) is 5.91 Å². The van der Waals surface area contributed by atoms with Crippen LogP contribution >= 0.6 is 0 Å². The molecule has 0 aliphatic rings. The summed E-state index contributed by atoms with van der Waals surface area (Å²) in [5.74, 6) is 0.754. The summed E-state index contributed by atoms with van der Waals surface area (Å²) in [6, 6.07) is 12.2. The molecule has 122 valence electrons. The van der Waals surface area contributed by atoms with E-state index in [9.17, 15) is 4.79 Å². The second kappa shape index (κ2) is 7.40. The summed E-state index contributed by atoms with van der Waals surface area (Å²) in [6.45, 7) is 11.0. The van der Waals surface area contributed by atoms with E-state index in [0.717, 1.165) is 11.4 Å². The second-order valence-corrected chi connectivity index (χ2v) is 6.64. The number of carbonyl (C=O) groups is 1. The largest absolute Gasteiger partial charge is 0.320 e. The molecule has 0 aliphatic heterocycles. The summed E-state index contributed by atoms with van der Waals surface area (Å²) in [5.41, 5.74) is 4.44. The van der Waals surface area contributed by atoms with Gasteiger partial charge < -0.3 is 5.32 Å². The number of pyridine rings is 1. The summed E-state index contributed by atoms with van der Waals surface area (Å²) < 4.78 is 1.96. The highest BCUT2D eigenvalue weighted by molar-refractivity contribution is 5.91. The molecule has 1 heterocycles. The van der Waals surface area contributed by atoms with E-state index < -0.39 is 0 Å². The molecule has 0 saturated carbocycles. The molecule has 1 aromatic heterocycles. The quantitative estimate of drug-likeness (QED) is 0.826. The van der Waals surface area contributed by atoms with Crippen molar-refractivity contribution in [2.24, 2.45) is 0 Å². The van der Waals surface area contributed by atoms with Crippen LogP contribution in [0.25, 0.3) is 0 Å². The number of para-hydroxylation sites is 1. The Balaban J connectivity index is 2.28. The van der Waals surface area contributed by atoms with Gasteiger partial charge in [0.1, 0.15) is 0 Å². The van der Waals surface area contributed by atoms with E-state index in [1.165, 1.54) is 11.1 Å². The van der Waals surface area contributed by atoms with Crippen LogP contribution in [0.3, 0.4) is 0 Å². The molecule has 2 rings (SSSR count). The van der Waals surface area contributed by atoms with Gasteiger partial charge in [-0.1, -0.05) is 52.0 Å². The Kier molecular flexibility index (Phi) is 5.54. The molecule has 0 radical (unpaired) electrons. The number of aryl methyl sites for hydroxylation is 1. The number of anilines is 1. The van der Waals surface area contributed by atoms with E-state index >= 15 is 0 Å². The first-order valence-corrected chi connectivity index (χ1v) is 8.28. The Hall–Kier alpha value is -2.16. The Morgan fingerprint density at radius 2 is 1.61 bits per heavy atom. The average Bonchev–Trinajstić information content (AvgIpc) is 2.49. The lowest BCUT2D eigenvalue weighted by molar-refractivity contribution is -0.690. The second-order valence-electron chi connectivity index (χ2n) is 6.64.